The number of guanidine groups is 1. The first-order valence-corrected chi connectivity index (χ1v) is 10.7. The number of hydrogen-bond acceptors (Lipinski definition) is 4. The molecule has 1 fully saturated rings. The molecule has 1 amide bonds. The van der Waals surface area contributed by atoms with E-state index in [0.29, 0.717) is 29.7 Å². The summed E-state index contributed by atoms with van der Waals surface area (Å²) in [6.45, 7) is 5.66. The van der Waals surface area contributed by atoms with E-state index in [2.05, 4.69) is 25.4 Å². The van der Waals surface area contributed by atoms with Gasteiger partial charge in [-0.15, -0.1) is 24.0 Å². The number of nitrogens with one attached hydrogen (secondary N) is 2. The Kier molecular flexibility index (Phi) is 13.7. The van der Waals surface area contributed by atoms with Crippen molar-refractivity contribution in [1.82, 2.24) is 20.4 Å². The highest BCUT2D eigenvalue weighted by Crippen LogP contribution is 2.21. The van der Waals surface area contributed by atoms with E-state index >= 15 is 0 Å². The first-order valence-electron chi connectivity index (χ1n) is 9.91. The zero-order valence-corrected chi connectivity index (χ0v) is 21.5. The van der Waals surface area contributed by atoms with Crippen molar-refractivity contribution < 1.29 is 9.53 Å². The van der Waals surface area contributed by atoms with Crippen LogP contribution in [0.25, 0.3) is 0 Å². The third kappa shape index (κ3) is 9.55. The molecule has 2 N–H and O–H groups in total. The molecule has 10 heteroatoms. The van der Waals surface area contributed by atoms with Crippen molar-refractivity contribution in [1.29, 1.82) is 0 Å². The van der Waals surface area contributed by atoms with Gasteiger partial charge >= 0.3 is 0 Å². The average molecular weight is 572 g/mol. The zero-order chi connectivity index (χ0) is 21.1. The molecule has 2 rings (SSSR count). The summed E-state index contributed by atoms with van der Waals surface area (Å²) in [4.78, 5) is 20.7. The lowest BCUT2D eigenvalue weighted by atomic mass is 10.1. The molecule has 7 nitrogen and oxygen atoms in total. The van der Waals surface area contributed by atoms with Gasteiger partial charge in [0.2, 0.25) is 5.91 Å². The van der Waals surface area contributed by atoms with Crippen molar-refractivity contribution in [2.75, 3.05) is 66.6 Å². The van der Waals surface area contributed by atoms with Gasteiger partial charge in [-0.1, -0.05) is 29.3 Å². The Morgan fingerprint density at radius 3 is 2.53 bits per heavy atom. The number of aryl methyl sites for hydroxylation is 1. The molecule has 1 saturated heterocycles. The summed E-state index contributed by atoms with van der Waals surface area (Å²) in [6, 6.07) is 5.62. The van der Waals surface area contributed by atoms with Crippen molar-refractivity contribution in [2.24, 2.45) is 4.99 Å². The third-order valence-electron chi connectivity index (χ3n) is 4.80. The topological polar surface area (TPSA) is 69.2 Å². The van der Waals surface area contributed by atoms with Crippen LogP contribution in [0.2, 0.25) is 10.0 Å². The number of methoxy groups -OCH3 is 1. The molecule has 0 spiro atoms. The maximum absolute atomic E-state index is 11.9. The van der Waals surface area contributed by atoms with Gasteiger partial charge in [-0.2, -0.15) is 0 Å². The molecule has 0 radical (unpaired) electrons. The van der Waals surface area contributed by atoms with Crippen LogP contribution in [0.3, 0.4) is 0 Å². The van der Waals surface area contributed by atoms with E-state index in [1.165, 1.54) is 0 Å². The predicted molar refractivity (Wildman–Crippen MR) is 134 cm³/mol. The largest absolute Gasteiger partial charge is 0.383 e. The van der Waals surface area contributed by atoms with E-state index in [1.54, 1.807) is 20.2 Å². The van der Waals surface area contributed by atoms with Gasteiger partial charge in [0.25, 0.3) is 0 Å². The number of nitrogens with zero attached hydrogens (tertiary/aromatic N) is 3. The fourth-order valence-electron chi connectivity index (χ4n) is 3.21. The van der Waals surface area contributed by atoms with E-state index < -0.39 is 0 Å². The number of ether oxygens (including phenoxy) is 1. The highest BCUT2D eigenvalue weighted by atomic mass is 127. The SMILES string of the molecule is CN=C(NCCCc1ccc(Cl)cc1Cl)N1CCN(CC(=O)NCCOC)CC1.I. The van der Waals surface area contributed by atoms with Crippen LogP contribution in [-0.2, 0) is 16.0 Å². The number of carbonyl (C=O) groups is 1. The van der Waals surface area contributed by atoms with Crippen LogP contribution < -0.4 is 10.6 Å². The summed E-state index contributed by atoms with van der Waals surface area (Å²) in [5.74, 6) is 0.940. The van der Waals surface area contributed by atoms with Crippen molar-refractivity contribution in [3.8, 4) is 0 Å². The average Bonchev–Trinajstić information content (AvgIpc) is 2.70. The molecule has 0 atom stereocenters. The number of carbonyl (C=O) groups excluding carboxylic acids is 1. The van der Waals surface area contributed by atoms with Gasteiger partial charge in [-0.25, -0.2) is 0 Å². The second-order valence-electron chi connectivity index (χ2n) is 6.92. The highest BCUT2D eigenvalue weighted by molar-refractivity contribution is 14.0. The van der Waals surface area contributed by atoms with Crippen molar-refractivity contribution in [3.05, 3.63) is 33.8 Å². The predicted octanol–water partition coefficient (Wildman–Crippen LogP) is 2.50. The van der Waals surface area contributed by atoms with Crippen LogP contribution in [-0.4, -0.2) is 88.2 Å². The van der Waals surface area contributed by atoms with Gasteiger partial charge in [-0.05, 0) is 30.5 Å². The zero-order valence-electron chi connectivity index (χ0n) is 17.6. The standard InChI is InChI=1S/C20H31Cl2N5O2.HI/c1-23-20(25-7-3-4-16-5-6-17(21)14-18(16)22)27-11-9-26(10-12-27)15-19(28)24-8-13-29-2;/h5-6,14H,3-4,7-13,15H2,1-2H3,(H,23,25)(H,24,28);1H. The molecular weight excluding hydrogens is 540 g/mol. The third-order valence-corrected chi connectivity index (χ3v) is 5.39. The Morgan fingerprint density at radius 2 is 1.90 bits per heavy atom. The van der Waals surface area contributed by atoms with E-state index in [-0.39, 0.29) is 29.9 Å². The van der Waals surface area contributed by atoms with E-state index in [1.807, 2.05) is 12.1 Å². The molecule has 1 aromatic carbocycles. The number of rotatable bonds is 9. The molecular formula is C20H32Cl2IN5O2. The second kappa shape index (κ2) is 15.1. The number of amides is 1. The molecule has 30 heavy (non-hydrogen) atoms. The van der Waals surface area contributed by atoms with Gasteiger partial charge in [0.05, 0.1) is 13.2 Å². The smallest absolute Gasteiger partial charge is 0.234 e. The molecule has 0 saturated carbocycles. The molecule has 1 aliphatic heterocycles. The highest BCUT2D eigenvalue weighted by Gasteiger charge is 2.20. The van der Waals surface area contributed by atoms with Crippen molar-refractivity contribution in [2.45, 2.75) is 12.8 Å². The summed E-state index contributed by atoms with van der Waals surface area (Å²) in [5.41, 5.74) is 1.10. The maximum atomic E-state index is 11.9. The molecule has 1 heterocycles. The van der Waals surface area contributed by atoms with Gasteiger partial charge in [0, 0.05) is 63.5 Å². The van der Waals surface area contributed by atoms with E-state index in [0.717, 1.165) is 57.1 Å². The minimum Gasteiger partial charge on any atom is -0.383 e. The van der Waals surface area contributed by atoms with E-state index in [4.69, 9.17) is 27.9 Å². The number of aliphatic imine (C=N–C) groups is 1. The van der Waals surface area contributed by atoms with E-state index in [9.17, 15) is 4.79 Å². The van der Waals surface area contributed by atoms with Crippen molar-refractivity contribution >= 4 is 59.0 Å². The minimum absolute atomic E-state index is 0. The molecule has 170 valence electrons. The lowest BCUT2D eigenvalue weighted by molar-refractivity contribution is -0.122. The first-order chi connectivity index (χ1) is 14.0. The molecule has 1 aromatic rings. The normalized spacial score (nSPS) is 14.9. The van der Waals surface area contributed by atoms with Gasteiger partial charge in [0.1, 0.15) is 0 Å². The van der Waals surface area contributed by atoms with Crippen molar-refractivity contribution in [3.63, 3.8) is 0 Å². The van der Waals surface area contributed by atoms with Crippen LogP contribution in [0.15, 0.2) is 23.2 Å². The fourth-order valence-corrected chi connectivity index (χ4v) is 3.71. The molecule has 0 aromatic heterocycles. The maximum Gasteiger partial charge on any atom is 0.234 e. The van der Waals surface area contributed by atoms with Gasteiger partial charge in [0.15, 0.2) is 5.96 Å². The molecule has 1 aliphatic rings. The number of halogens is 3. The van der Waals surface area contributed by atoms with Crippen LogP contribution in [0, 0.1) is 0 Å². The van der Waals surface area contributed by atoms with Crippen LogP contribution in [0.1, 0.15) is 12.0 Å². The van der Waals surface area contributed by atoms with Gasteiger partial charge < -0.3 is 20.3 Å². The first kappa shape index (κ1) is 27.2. The quantitative estimate of drug-likeness (QED) is 0.206. The Balaban J connectivity index is 0.00000450. The molecule has 0 aliphatic carbocycles. The number of hydrogen-bond donors (Lipinski definition) is 2. The lowest BCUT2D eigenvalue weighted by Crippen LogP contribution is -2.54. The monoisotopic (exact) mass is 571 g/mol. The Bertz CT molecular complexity index is 685. The summed E-state index contributed by atoms with van der Waals surface area (Å²) in [6.07, 6.45) is 1.83. The van der Waals surface area contributed by atoms with Crippen LogP contribution >= 0.6 is 47.2 Å². The summed E-state index contributed by atoms with van der Waals surface area (Å²) in [7, 11) is 3.42. The van der Waals surface area contributed by atoms with Gasteiger partial charge in [-0.3, -0.25) is 14.7 Å². The molecule has 0 unspecified atom stereocenters. The summed E-state index contributed by atoms with van der Waals surface area (Å²) >= 11 is 12.2. The van der Waals surface area contributed by atoms with Crippen LogP contribution in [0.5, 0.6) is 0 Å². The number of benzene rings is 1. The van der Waals surface area contributed by atoms with Crippen LogP contribution in [0.4, 0.5) is 0 Å². The minimum atomic E-state index is 0. The fraction of sp³-hybridized carbons (Fsp3) is 0.600. The summed E-state index contributed by atoms with van der Waals surface area (Å²) in [5, 5.41) is 7.65. The second-order valence-corrected chi connectivity index (χ2v) is 7.76. The summed E-state index contributed by atoms with van der Waals surface area (Å²) < 4.78 is 4.94. The Labute approximate surface area is 206 Å². The Morgan fingerprint density at radius 1 is 1.17 bits per heavy atom. The Hall–Kier alpha value is -0.810. The molecule has 0 bridgehead atoms. The lowest BCUT2D eigenvalue weighted by Gasteiger charge is -2.36. The number of piperazine rings is 1.